The third-order valence-electron chi connectivity index (χ3n) is 2.91. The Kier molecular flexibility index (Phi) is 3.98. The maximum Gasteiger partial charge on any atom is 0.000683 e. The van der Waals surface area contributed by atoms with Crippen LogP contribution in [0.2, 0.25) is 0 Å². The molecule has 2 atom stereocenters. The Labute approximate surface area is 82.8 Å². The summed E-state index contributed by atoms with van der Waals surface area (Å²) in [6.07, 6.45) is 6.49. The van der Waals surface area contributed by atoms with Crippen molar-refractivity contribution in [2.45, 2.75) is 33.1 Å². The first-order valence-electron chi connectivity index (χ1n) is 5.43. The van der Waals surface area contributed by atoms with Gasteiger partial charge in [0.1, 0.15) is 0 Å². The lowest BCUT2D eigenvalue weighted by Crippen LogP contribution is -2.25. The van der Waals surface area contributed by atoms with E-state index in [1.807, 2.05) is 0 Å². The molecule has 0 fully saturated rings. The Balaban J connectivity index is 2.48. The number of allylic oxidation sites excluding steroid dienone is 2. The highest BCUT2D eigenvalue weighted by Gasteiger charge is 2.19. The highest BCUT2D eigenvalue weighted by atomic mass is 15.1. The highest BCUT2D eigenvalue weighted by Crippen LogP contribution is 2.29. The van der Waals surface area contributed by atoms with Crippen LogP contribution in [0, 0.1) is 11.8 Å². The molecular formula is C12H23N. The van der Waals surface area contributed by atoms with Gasteiger partial charge in [-0.1, -0.05) is 18.6 Å². The zero-order valence-corrected chi connectivity index (χ0v) is 9.51. The minimum atomic E-state index is 0.846. The van der Waals surface area contributed by atoms with Gasteiger partial charge in [0.05, 0.1) is 0 Å². The molecule has 1 aliphatic carbocycles. The topological polar surface area (TPSA) is 3.24 Å². The molecule has 0 N–H and O–H groups in total. The number of hydrogen-bond donors (Lipinski definition) is 0. The summed E-state index contributed by atoms with van der Waals surface area (Å²) < 4.78 is 0. The van der Waals surface area contributed by atoms with Gasteiger partial charge in [0.15, 0.2) is 0 Å². The molecule has 13 heavy (non-hydrogen) atoms. The van der Waals surface area contributed by atoms with Gasteiger partial charge >= 0.3 is 0 Å². The summed E-state index contributed by atoms with van der Waals surface area (Å²) in [6.45, 7) is 5.83. The van der Waals surface area contributed by atoms with Gasteiger partial charge in [-0.3, -0.25) is 0 Å². The summed E-state index contributed by atoms with van der Waals surface area (Å²) in [6, 6.07) is 0. The van der Waals surface area contributed by atoms with Gasteiger partial charge in [-0.15, -0.1) is 0 Å². The minimum absolute atomic E-state index is 0.846. The fourth-order valence-corrected chi connectivity index (χ4v) is 2.45. The van der Waals surface area contributed by atoms with Gasteiger partial charge in [-0.2, -0.15) is 0 Å². The summed E-state index contributed by atoms with van der Waals surface area (Å²) in [5.41, 5.74) is 1.60. The highest BCUT2D eigenvalue weighted by molar-refractivity contribution is 5.07. The molecule has 76 valence electrons. The van der Waals surface area contributed by atoms with E-state index < -0.39 is 0 Å². The number of nitrogens with zero attached hydrogens (tertiary/aromatic N) is 1. The summed E-state index contributed by atoms with van der Waals surface area (Å²) in [5, 5.41) is 0. The summed E-state index contributed by atoms with van der Waals surface area (Å²) in [7, 11) is 4.35. The molecule has 0 aromatic rings. The van der Waals surface area contributed by atoms with Crippen LogP contribution in [0.4, 0.5) is 0 Å². The zero-order valence-electron chi connectivity index (χ0n) is 9.51. The van der Waals surface area contributed by atoms with E-state index in [-0.39, 0.29) is 0 Å². The molecule has 1 heteroatoms. The van der Waals surface area contributed by atoms with E-state index in [0.29, 0.717) is 0 Å². The summed E-state index contributed by atoms with van der Waals surface area (Å²) in [5.74, 6) is 1.74. The minimum Gasteiger partial charge on any atom is -0.309 e. The molecular weight excluding hydrogens is 158 g/mol. The van der Waals surface area contributed by atoms with Crippen molar-refractivity contribution in [2.24, 2.45) is 11.8 Å². The lowest BCUT2D eigenvalue weighted by molar-refractivity contribution is 0.277. The molecule has 0 bridgehead atoms. The second-order valence-electron chi connectivity index (χ2n) is 4.75. The normalized spacial score (nSPS) is 29.2. The molecule has 0 spiro atoms. The van der Waals surface area contributed by atoms with Crippen LogP contribution in [0.5, 0.6) is 0 Å². The summed E-state index contributed by atoms with van der Waals surface area (Å²) >= 11 is 0. The van der Waals surface area contributed by atoms with Crippen molar-refractivity contribution in [3.05, 3.63) is 11.6 Å². The third-order valence-corrected chi connectivity index (χ3v) is 2.91. The monoisotopic (exact) mass is 181 g/mol. The molecule has 0 saturated carbocycles. The van der Waals surface area contributed by atoms with Crippen LogP contribution in [0.15, 0.2) is 11.6 Å². The molecule has 1 rings (SSSR count). The average molecular weight is 181 g/mol. The van der Waals surface area contributed by atoms with Crippen LogP contribution in [-0.4, -0.2) is 25.5 Å². The molecule has 1 aliphatic rings. The van der Waals surface area contributed by atoms with Crippen LogP contribution in [-0.2, 0) is 0 Å². The Morgan fingerprint density at radius 3 is 2.69 bits per heavy atom. The third kappa shape index (κ3) is 3.51. The molecule has 0 saturated heterocycles. The van der Waals surface area contributed by atoms with Crippen molar-refractivity contribution in [2.75, 3.05) is 20.6 Å². The maximum absolute atomic E-state index is 2.48. The molecule has 0 aromatic heterocycles. The van der Waals surface area contributed by atoms with Crippen LogP contribution in [0.1, 0.15) is 33.1 Å². The van der Waals surface area contributed by atoms with Crippen molar-refractivity contribution in [1.29, 1.82) is 0 Å². The van der Waals surface area contributed by atoms with Gasteiger partial charge in [0.2, 0.25) is 0 Å². The zero-order chi connectivity index (χ0) is 9.84. The van der Waals surface area contributed by atoms with Gasteiger partial charge < -0.3 is 4.90 Å². The van der Waals surface area contributed by atoms with Crippen LogP contribution < -0.4 is 0 Å². The number of hydrogen-bond acceptors (Lipinski definition) is 1. The predicted octanol–water partition coefficient (Wildman–Crippen LogP) is 2.93. The second kappa shape index (κ2) is 4.80. The lowest BCUT2D eigenvalue weighted by Gasteiger charge is -2.28. The predicted molar refractivity (Wildman–Crippen MR) is 58.8 cm³/mol. The van der Waals surface area contributed by atoms with Crippen molar-refractivity contribution in [3.8, 4) is 0 Å². The summed E-state index contributed by atoms with van der Waals surface area (Å²) in [4.78, 5) is 2.32. The lowest BCUT2D eigenvalue weighted by atomic mass is 9.81. The van der Waals surface area contributed by atoms with E-state index in [1.165, 1.54) is 25.8 Å². The first-order chi connectivity index (χ1) is 6.11. The Bertz CT molecular complexity index is 182. The van der Waals surface area contributed by atoms with Crippen LogP contribution >= 0.6 is 0 Å². The van der Waals surface area contributed by atoms with E-state index in [4.69, 9.17) is 0 Å². The molecule has 1 nitrogen and oxygen atoms in total. The first kappa shape index (κ1) is 10.8. The smallest absolute Gasteiger partial charge is 0.000683 e. The SMILES string of the molecule is CCC1C=C(C)CC(CN(C)C)C1. The Morgan fingerprint density at radius 1 is 1.46 bits per heavy atom. The van der Waals surface area contributed by atoms with Gasteiger partial charge in [0, 0.05) is 6.54 Å². The Morgan fingerprint density at radius 2 is 2.15 bits per heavy atom. The fourth-order valence-electron chi connectivity index (χ4n) is 2.45. The second-order valence-corrected chi connectivity index (χ2v) is 4.75. The standard InChI is InChI=1S/C12H23N/c1-5-11-6-10(2)7-12(8-11)9-13(3)4/h6,11-12H,5,7-9H2,1-4H3. The average Bonchev–Trinajstić information content (AvgIpc) is 2.01. The van der Waals surface area contributed by atoms with E-state index in [0.717, 1.165) is 11.8 Å². The first-order valence-corrected chi connectivity index (χ1v) is 5.43. The van der Waals surface area contributed by atoms with Gasteiger partial charge in [-0.05, 0) is 52.1 Å². The van der Waals surface area contributed by atoms with Crippen molar-refractivity contribution >= 4 is 0 Å². The maximum atomic E-state index is 2.48. The van der Waals surface area contributed by atoms with Crippen LogP contribution in [0.25, 0.3) is 0 Å². The van der Waals surface area contributed by atoms with Gasteiger partial charge in [0.25, 0.3) is 0 Å². The quantitative estimate of drug-likeness (QED) is 0.605. The van der Waals surface area contributed by atoms with Crippen LogP contribution in [0.3, 0.4) is 0 Å². The van der Waals surface area contributed by atoms with Crippen molar-refractivity contribution in [1.82, 2.24) is 4.90 Å². The largest absolute Gasteiger partial charge is 0.309 e. The fraction of sp³-hybridized carbons (Fsp3) is 0.833. The Hall–Kier alpha value is -0.300. The van der Waals surface area contributed by atoms with Crippen molar-refractivity contribution < 1.29 is 0 Å². The van der Waals surface area contributed by atoms with E-state index in [9.17, 15) is 0 Å². The van der Waals surface area contributed by atoms with Crippen molar-refractivity contribution in [3.63, 3.8) is 0 Å². The molecule has 0 radical (unpaired) electrons. The molecule has 0 aromatic carbocycles. The molecule has 0 amide bonds. The van der Waals surface area contributed by atoms with E-state index in [2.05, 4.69) is 38.9 Å². The van der Waals surface area contributed by atoms with Gasteiger partial charge in [-0.25, -0.2) is 0 Å². The van der Waals surface area contributed by atoms with E-state index in [1.54, 1.807) is 5.57 Å². The van der Waals surface area contributed by atoms with E-state index >= 15 is 0 Å². The number of rotatable bonds is 3. The molecule has 0 aliphatic heterocycles. The molecule has 2 unspecified atom stereocenters. The molecule has 0 heterocycles.